The van der Waals surface area contributed by atoms with Crippen molar-refractivity contribution in [3.05, 3.63) is 0 Å². The third kappa shape index (κ3) is 5.52. The molecule has 0 amide bonds. The predicted octanol–water partition coefficient (Wildman–Crippen LogP) is 2.39. The van der Waals surface area contributed by atoms with Crippen molar-refractivity contribution in [1.82, 2.24) is 10.2 Å². The quantitative estimate of drug-likeness (QED) is 0.626. The summed E-state index contributed by atoms with van der Waals surface area (Å²) in [7, 11) is 2.18. The van der Waals surface area contributed by atoms with Gasteiger partial charge in [0.05, 0.1) is 6.07 Å². The summed E-state index contributed by atoms with van der Waals surface area (Å²) in [5.41, 5.74) is 0.351. The SMILES string of the molecule is CC(C)N(C)CCCCNCC1(CC#N)CC1. The average Bonchev–Trinajstić information content (AvgIpc) is 3.03. The molecule has 0 bridgehead atoms. The second-order valence-corrected chi connectivity index (χ2v) is 5.79. The van der Waals surface area contributed by atoms with Crippen LogP contribution in [0, 0.1) is 16.7 Å². The maximum absolute atomic E-state index is 8.71. The highest BCUT2D eigenvalue weighted by Crippen LogP contribution is 2.47. The van der Waals surface area contributed by atoms with Crippen molar-refractivity contribution < 1.29 is 0 Å². The molecule has 0 aromatic heterocycles. The standard InChI is InChI=1S/C14H27N3/c1-13(2)17(3)11-5-4-10-16-12-14(6-7-14)8-9-15/h13,16H,4-8,10-12H2,1-3H3. The minimum atomic E-state index is 0.351. The molecule has 0 spiro atoms. The van der Waals surface area contributed by atoms with Gasteiger partial charge in [0.2, 0.25) is 0 Å². The Balaban J connectivity index is 1.93. The van der Waals surface area contributed by atoms with Gasteiger partial charge in [0.15, 0.2) is 0 Å². The number of nitrogens with zero attached hydrogens (tertiary/aromatic N) is 2. The Morgan fingerprint density at radius 3 is 2.59 bits per heavy atom. The Hall–Kier alpha value is -0.590. The highest BCUT2D eigenvalue weighted by Gasteiger charge is 2.41. The Kier molecular flexibility index (Phi) is 5.94. The van der Waals surface area contributed by atoms with Gasteiger partial charge in [0, 0.05) is 19.0 Å². The van der Waals surface area contributed by atoms with Crippen molar-refractivity contribution in [3.8, 4) is 6.07 Å². The van der Waals surface area contributed by atoms with Gasteiger partial charge in [-0.3, -0.25) is 0 Å². The van der Waals surface area contributed by atoms with Crippen molar-refractivity contribution in [3.63, 3.8) is 0 Å². The van der Waals surface area contributed by atoms with Crippen LogP contribution in [0.25, 0.3) is 0 Å². The first kappa shape index (κ1) is 14.5. The number of nitrogens with one attached hydrogen (secondary N) is 1. The molecule has 0 unspecified atom stereocenters. The first-order valence-electron chi connectivity index (χ1n) is 6.87. The van der Waals surface area contributed by atoms with Crippen molar-refractivity contribution in [2.24, 2.45) is 5.41 Å². The van der Waals surface area contributed by atoms with Crippen molar-refractivity contribution >= 4 is 0 Å². The average molecular weight is 237 g/mol. The maximum Gasteiger partial charge on any atom is 0.0628 e. The summed E-state index contributed by atoms with van der Waals surface area (Å²) in [6.07, 6.45) is 5.70. The molecule has 1 N–H and O–H groups in total. The van der Waals surface area contributed by atoms with Crippen LogP contribution in [0.3, 0.4) is 0 Å². The van der Waals surface area contributed by atoms with Crippen LogP contribution in [0.15, 0.2) is 0 Å². The fourth-order valence-corrected chi connectivity index (χ4v) is 1.98. The van der Waals surface area contributed by atoms with Gasteiger partial charge in [0.25, 0.3) is 0 Å². The lowest BCUT2D eigenvalue weighted by Crippen LogP contribution is -2.28. The molecular formula is C14H27N3. The monoisotopic (exact) mass is 237 g/mol. The van der Waals surface area contributed by atoms with E-state index in [2.05, 4.69) is 37.2 Å². The van der Waals surface area contributed by atoms with Gasteiger partial charge >= 0.3 is 0 Å². The molecule has 1 fully saturated rings. The van der Waals surface area contributed by atoms with E-state index in [0.717, 1.165) is 19.5 Å². The first-order valence-corrected chi connectivity index (χ1v) is 6.87. The van der Waals surface area contributed by atoms with Crippen molar-refractivity contribution in [1.29, 1.82) is 5.26 Å². The number of hydrogen-bond acceptors (Lipinski definition) is 3. The van der Waals surface area contributed by atoms with Crippen LogP contribution in [-0.2, 0) is 0 Å². The van der Waals surface area contributed by atoms with Gasteiger partial charge < -0.3 is 10.2 Å². The van der Waals surface area contributed by atoms with Crippen molar-refractivity contribution in [2.75, 3.05) is 26.7 Å². The molecule has 0 aromatic rings. The Morgan fingerprint density at radius 2 is 2.06 bits per heavy atom. The van der Waals surface area contributed by atoms with Gasteiger partial charge in [-0.2, -0.15) is 5.26 Å². The number of nitriles is 1. The van der Waals surface area contributed by atoms with Gasteiger partial charge in [0.1, 0.15) is 0 Å². The van der Waals surface area contributed by atoms with Crippen molar-refractivity contribution in [2.45, 2.75) is 52.0 Å². The number of rotatable bonds is 9. The molecule has 0 aromatic carbocycles. The van der Waals surface area contributed by atoms with Gasteiger partial charge in [-0.1, -0.05) is 0 Å². The van der Waals surface area contributed by atoms with Gasteiger partial charge in [-0.15, -0.1) is 0 Å². The van der Waals surface area contributed by atoms with Crippen LogP contribution in [0.4, 0.5) is 0 Å². The zero-order chi connectivity index (χ0) is 12.7. The highest BCUT2D eigenvalue weighted by molar-refractivity contribution is 5.00. The van der Waals surface area contributed by atoms with Crippen LogP contribution in [0.1, 0.15) is 46.0 Å². The molecule has 0 radical (unpaired) electrons. The van der Waals surface area contributed by atoms with E-state index in [0.29, 0.717) is 11.5 Å². The topological polar surface area (TPSA) is 39.1 Å². The van der Waals surface area contributed by atoms with Crippen LogP contribution in [0.2, 0.25) is 0 Å². The van der Waals surface area contributed by atoms with E-state index in [1.54, 1.807) is 0 Å². The minimum absolute atomic E-state index is 0.351. The van der Waals surface area contributed by atoms with Crippen LogP contribution >= 0.6 is 0 Å². The first-order chi connectivity index (χ1) is 8.09. The summed E-state index contributed by atoms with van der Waals surface area (Å²) in [5, 5.41) is 12.2. The number of unbranched alkanes of at least 4 members (excludes halogenated alkanes) is 1. The van der Waals surface area contributed by atoms with E-state index in [-0.39, 0.29) is 0 Å². The van der Waals surface area contributed by atoms with Crippen LogP contribution in [0.5, 0.6) is 0 Å². The lowest BCUT2D eigenvalue weighted by molar-refractivity contribution is 0.267. The van der Waals surface area contributed by atoms with Gasteiger partial charge in [-0.05, 0) is 65.1 Å². The molecule has 1 rings (SSSR count). The third-order valence-corrected chi connectivity index (χ3v) is 3.91. The lowest BCUT2D eigenvalue weighted by atomic mass is 10.0. The minimum Gasteiger partial charge on any atom is -0.316 e. The molecule has 1 aliphatic rings. The molecule has 1 aliphatic carbocycles. The largest absolute Gasteiger partial charge is 0.316 e. The molecule has 98 valence electrons. The molecule has 0 aliphatic heterocycles. The lowest BCUT2D eigenvalue weighted by Gasteiger charge is -2.20. The summed E-state index contributed by atoms with van der Waals surface area (Å²) in [6.45, 7) is 7.79. The van der Waals surface area contributed by atoms with E-state index >= 15 is 0 Å². The molecule has 17 heavy (non-hydrogen) atoms. The summed E-state index contributed by atoms with van der Waals surface area (Å²) in [5.74, 6) is 0. The Bertz CT molecular complexity index is 251. The summed E-state index contributed by atoms with van der Waals surface area (Å²) < 4.78 is 0. The zero-order valence-corrected chi connectivity index (χ0v) is 11.6. The normalized spacial score (nSPS) is 17.4. The fourth-order valence-electron chi connectivity index (χ4n) is 1.98. The van der Waals surface area contributed by atoms with E-state index < -0.39 is 0 Å². The summed E-state index contributed by atoms with van der Waals surface area (Å²) in [6, 6.07) is 2.95. The molecule has 0 atom stereocenters. The zero-order valence-electron chi connectivity index (χ0n) is 11.6. The smallest absolute Gasteiger partial charge is 0.0628 e. The highest BCUT2D eigenvalue weighted by atomic mass is 15.1. The van der Waals surface area contributed by atoms with E-state index in [9.17, 15) is 0 Å². The number of hydrogen-bond donors (Lipinski definition) is 1. The summed E-state index contributed by atoms with van der Waals surface area (Å²) >= 11 is 0. The van der Waals surface area contributed by atoms with Crippen LogP contribution in [-0.4, -0.2) is 37.6 Å². The van der Waals surface area contributed by atoms with E-state index in [1.165, 1.54) is 32.2 Å². The molecule has 0 heterocycles. The Labute approximate surface area is 106 Å². The molecule has 3 nitrogen and oxygen atoms in total. The predicted molar refractivity (Wildman–Crippen MR) is 71.8 cm³/mol. The van der Waals surface area contributed by atoms with E-state index in [1.807, 2.05) is 0 Å². The maximum atomic E-state index is 8.71. The second kappa shape index (κ2) is 6.98. The Morgan fingerprint density at radius 1 is 1.35 bits per heavy atom. The molecule has 0 saturated heterocycles. The summed E-state index contributed by atoms with van der Waals surface area (Å²) in [4.78, 5) is 2.39. The van der Waals surface area contributed by atoms with Crippen LogP contribution < -0.4 is 5.32 Å². The molecular weight excluding hydrogens is 210 g/mol. The third-order valence-electron chi connectivity index (χ3n) is 3.91. The molecule has 3 heteroatoms. The second-order valence-electron chi connectivity index (χ2n) is 5.79. The molecule has 1 saturated carbocycles. The fraction of sp³-hybridized carbons (Fsp3) is 0.929. The van der Waals surface area contributed by atoms with E-state index in [4.69, 9.17) is 5.26 Å². The van der Waals surface area contributed by atoms with Gasteiger partial charge in [-0.25, -0.2) is 0 Å².